The number of methoxy groups -OCH3 is 1. The molecule has 2 aliphatic carbocycles. The number of nitrogens with zero attached hydrogens (tertiary/aromatic N) is 1. The summed E-state index contributed by atoms with van der Waals surface area (Å²) in [6.07, 6.45) is 1.96. The lowest BCUT2D eigenvalue weighted by atomic mass is 9.39. The van der Waals surface area contributed by atoms with Crippen molar-refractivity contribution in [3.63, 3.8) is 0 Å². The average molecular weight is 416 g/mol. The molecule has 0 N–H and O–H groups in total. The summed E-state index contributed by atoms with van der Waals surface area (Å²) in [6, 6.07) is 6.18. The summed E-state index contributed by atoms with van der Waals surface area (Å²) < 4.78 is 16.7. The molecule has 2 aliphatic heterocycles. The summed E-state index contributed by atoms with van der Waals surface area (Å²) in [4.78, 5) is 28.9. The minimum Gasteiger partial charge on any atom is -0.496 e. The predicted molar refractivity (Wildman–Crippen MR) is 112 cm³/mol. The Hall–Kier alpha value is -2.08. The number of benzene rings is 1. The number of carbonyl (C=O) groups is 2. The second-order valence-corrected chi connectivity index (χ2v) is 9.44. The van der Waals surface area contributed by atoms with Gasteiger partial charge in [0.05, 0.1) is 20.3 Å². The maximum Gasteiger partial charge on any atom is 0.325 e. The first-order valence-electron chi connectivity index (χ1n) is 10.9. The van der Waals surface area contributed by atoms with Crippen molar-refractivity contribution in [2.24, 2.45) is 10.8 Å². The molecular weight excluding hydrogens is 382 g/mol. The third-order valence-corrected chi connectivity index (χ3v) is 8.37. The van der Waals surface area contributed by atoms with Crippen LogP contribution in [0.5, 0.6) is 5.75 Å². The van der Waals surface area contributed by atoms with E-state index in [0.29, 0.717) is 12.8 Å². The number of fused-ring (bicyclic) bond motifs is 2. The standard InChI is InChI=1S/C24H33NO5/c1-7-29-20(26)24(21(27)30-8-2)14-23(4)17-12-15-10-9-11-16(28-6)19(15)22(23,3)13-18(24)25(17)5/h9-11,17-18H,7-8,12-14H2,1-6H3. The number of piperidine rings is 2. The highest BCUT2D eigenvalue weighted by molar-refractivity contribution is 6.01. The zero-order chi connectivity index (χ0) is 21.9. The molecule has 1 aromatic carbocycles. The molecule has 0 aromatic heterocycles. The predicted octanol–water partition coefficient (Wildman–Crippen LogP) is 3.10. The lowest BCUT2D eigenvalue weighted by molar-refractivity contribution is -0.219. The molecule has 0 spiro atoms. The number of hydrogen-bond donors (Lipinski definition) is 0. The number of esters is 2. The fourth-order valence-corrected chi connectivity index (χ4v) is 6.86. The van der Waals surface area contributed by atoms with Crippen molar-refractivity contribution in [3.8, 4) is 5.75 Å². The monoisotopic (exact) mass is 415 g/mol. The lowest BCUT2D eigenvalue weighted by Gasteiger charge is -2.71. The van der Waals surface area contributed by atoms with Gasteiger partial charge in [0.15, 0.2) is 5.41 Å². The normalized spacial score (nSPS) is 33.5. The van der Waals surface area contributed by atoms with Gasteiger partial charge in [-0.2, -0.15) is 0 Å². The van der Waals surface area contributed by atoms with Crippen molar-refractivity contribution in [2.45, 2.75) is 64.5 Å². The van der Waals surface area contributed by atoms with Gasteiger partial charge in [-0.15, -0.1) is 0 Å². The van der Waals surface area contributed by atoms with Crippen LogP contribution in [0.15, 0.2) is 18.2 Å². The molecule has 2 saturated heterocycles. The molecule has 0 radical (unpaired) electrons. The van der Waals surface area contributed by atoms with Crippen molar-refractivity contribution in [1.82, 2.24) is 4.90 Å². The van der Waals surface area contributed by atoms with Crippen LogP contribution in [0.2, 0.25) is 0 Å². The molecule has 5 rings (SSSR count). The van der Waals surface area contributed by atoms with E-state index < -0.39 is 17.4 Å². The zero-order valence-electron chi connectivity index (χ0n) is 18.9. The van der Waals surface area contributed by atoms with Gasteiger partial charge < -0.3 is 14.2 Å². The molecule has 6 heteroatoms. The van der Waals surface area contributed by atoms with Gasteiger partial charge in [-0.1, -0.05) is 26.0 Å². The van der Waals surface area contributed by atoms with E-state index in [2.05, 4.69) is 24.8 Å². The van der Waals surface area contributed by atoms with Crippen LogP contribution in [0.4, 0.5) is 0 Å². The van der Waals surface area contributed by atoms with E-state index in [9.17, 15) is 9.59 Å². The molecule has 4 atom stereocenters. The zero-order valence-corrected chi connectivity index (χ0v) is 18.9. The van der Waals surface area contributed by atoms with Gasteiger partial charge in [-0.25, -0.2) is 0 Å². The molecule has 1 saturated carbocycles. The molecule has 30 heavy (non-hydrogen) atoms. The SMILES string of the molecule is CCOC(=O)C1(C(=O)OCC)CC2(C)C3Cc4cccc(OC)c4C2(C)CC1N3C. The lowest BCUT2D eigenvalue weighted by Crippen LogP contribution is -2.78. The fraction of sp³-hybridized carbons (Fsp3) is 0.667. The summed E-state index contributed by atoms with van der Waals surface area (Å²) in [7, 11) is 3.76. The largest absolute Gasteiger partial charge is 0.496 e. The Balaban J connectivity index is 1.91. The second kappa shape index (κ2) is 6.98. The van der Waals surface area contributed by atoms with Gasteiger partial charge in [0, 0.05) is 23.1 Å². The Labute approximate surface area is 178 Å². The summed E-state index contributed by atoms with van der Waals surface area (Å²) in [5, 5.41) is 0. The molecule has 1 aromatic rings. The van der Waals surface area contributed by atoms with E-state index in [0.717, 1.165) is 12.2 Å². The van der Waals surface area contributed by atoms with Crippen LogP contribution in [0.25, 0.3) is 0 Å². The maximum atomic E-state index is 13.3. The summed E-state index contributed by atoms with van der Waals surface area (Å²) in [6.45, 7) is 8.54. The van der Waals surface area contributed by atoms with Crippen LogP contribution in [0.1, 0.15) is 51.7 Å². The van der Waals surface area contributed by atoms with Gasteiger partial charge >= 0.3 is 11.9 Å². The van der Waals surface area contributed by atoms with Crippen LogP contribution in [0.3, 0.4) is 0 Å². The first kappa shape index (κ1) is 21.2. The Bertz CT molecular complexity index is 864. The van der Waals surface area contributed by atoms with Crippen molar-refractivity contribution < 1.29 is 23.8 Å². The van der Waals surface area contributed by atoms with Crippen LogP contribution in [0, 0.1) is 10.8 Å². The van der Waals surface area contributed by atoms with E-state index in [1.54, 1.807) is 21.0 Å². The van der Waals surface area contributed by atoms with E-state index in [-0.39, 0.29) is 36.1 Å². The first-order valence-corrected chi connectivity index (χ1v) is 10.9. The molecular formula is C24H33NO5. The van der Waals surface area contributed by atoms with Crippen molar-refractivity contribution in [3.05, 3.63) is 29.3 Å². The Kier molecular flexibility index (Phi) is 4.92. The average Bonchev–Trinajstić information content (AvgIpc) is 2.71. The second-order valence-electron chi connectivity index (χ2n) is 9.44. The highest BCUT2D eigenvalue weighted by Gasteiger charge is 2.75. The Morgan fingerprint density at radius 3 is 2.30 bits per heavy atom. The fourth-order valence-electron chi connectivity index (χ4n) is 6.86. The highest BCUT2D eigenvalue weighted by Crippen LogP contribution is 2.69. The molecule has 4 unspecified atom stereocenters. The number of carbonyl (C=O) groups excluding carboxylic acids is 2. The third-order valence-electron chi connectivity index (χ3n) is 8.37. The van der Waals surface area contributed by atoms with Crippen LogP contribution >= 0.6 is 0 Å². The van der Waals surface area contributed by atoms with E-state index >= 15 is 0 Å². The van der Waals surface area contributed by atoms with Gasteiger partial charge in [-0.3, -0.25) is 14.5 Å². The quantitative estimate of drug-likeness (QED) is 0.544. The number of ether oxygens (including phenoxy) is 3. The molecule has 0 amide bonds. The summed E-state index contributed by atoms with van der Waals surface area (Å²) in [5.74, 6) is -0.0107. The third kappa shape index (κ3) is 2.40. The molecule has 4 aliphatic rings. The summed E-state index contributed by atoms with van der Waals surface area (Å²) >= 11 is 0. The van der Waals surface area contributed by atoms with Crippen LogP contribution in [-0.2, 0) is 30.9 Å². The molecule has 6 nitrogen and oxygen atoms in total. The van der Waals surface area contributed by atoms with E-state index in [1.807, 2.05) is 19.2 Å². The van der Waals surface area contributed by atoms with Gasteiger partial charge in [-0.05, 0) is 57.2 Å². The Morgan fingerprint density at radius 2 is 1.73 bits per heavy atom. The topological polar surface area (TPSA) is 65.1 Å². The highest BCUT2D eigenvalue weighted by atomic mass is 16.6. The van der Waals surface area contributed by atoms with Gasteiger partial charge in [0.1, 0.15) is 5.75 Å². The molecule has 4 bridgehead atoms. The first-order chi connectivity index (χ1) is 14.2. The van der Waals surface area contributed by atoms with Gasteiger partial charge in [0.2, 0.25) is 0 Å². The number of rotatable bonds is 5. The Morgan fingerprint density at radius 1 is 1.10 bits per heavy atom. The van der Waals surface area contributed by atoms with Crippen molar-refractivity contribution in [1.29, 1.82) is 0 Å². The minimum absolute atomic E-state index is 0.220. The van der Waals surface area contributed by atoms with Crippen LogP contribution < -0.4 is 4.74 Å². The van der Waals surface area contributed by atoms with Gasteiger partial charge in [0.25, 0.3) is 0 Å². The van der Waals surface area contributed by atoms with Crippen molar-refractivity contribution >= 4 is 11.9 Å². The smallest absolute Gasteiger partial charge is 0.325 e. The van der Waals surface area contributed by atoms with E-state index in [1.165, 1.54) is 11.1 Å². The van der Waals surface area contributed by atoms with Crippen LogP contribution in [-0.4, -0.2) is 56.3 Å². The molecule has 3 fully saturated rings. The summed E-state index contributed by atoms with van der Waals surface area (Å²) in [5.41, 5.74) is 0.676. The van der Waals surface area contributed by atoms with E-state index in [4.69, 9.17) is 14.2 Å². The number of likely N-dealkylation sites (N-methyl/N-ethyl adjacent to an activating group) is 1. The minimum atomic E-state index is -1.30. The molecule has 164 valence electrons. The molecule has 2 heterocycles. The maximum absolute atomic E-state index is 13.3. The number of hydrogen-bond acceptors (Lipinski definition) is 6. The van der Waals surface area contributed by atoms with Crippen molar-refractivity contribution in [2.75, 3.05) is 27.4 Å².